The van der Waals surface area contributed by atoms with Crippen LogP contribution in [0, 0.1) is 6.92 Å². The number of carbonyl (C=O) groups is 1. The second-order valence-corrected chi connectivity index (χ2v) is 4.95. The zero-order chi connectivity index (χ0) is 14.7. The van der Waals surface area contributed by atoms with Crippen LogP contribution in [0.2, 0.25) is 0 Å². The van der Waals surface area contributed by atoms with Crippen LogP contribution >= 0.6 is 0 Å². The second-order valence-electron chi connectivity index (χ2n) is 4.95. The first kappa shape index (κ1) is 13.4. The highest BCUT2D eigenvalue weighted by molar-refractivity contribution is 5.94. The van der Waals surface area contributed by atoms with Crippen molar-refractivity contribution in [3.63, 3.8) is 0 Å². The number of hydrogen-bond donors (Lipinski definition) is 2. The third-order valence-corrected chi connectivity index (χ3v) is 3.42. The lowest BCUT2D eigenvalue weighted by atomic mass is 10.2. The first-order valence-electron chi connectivity index (χ1n) is 7.00. The Kier molecular flexibility index (Phi) is 3.73. The number of hydrogen-bond acceptors (Lipinski definition) is 3. The van der Waals surface area contributed by atoms with Crippen molar-refractivity contribution < 1.29 is 9.21 Å². The molecule has 0 unspecified atom stereocenters. The molecule has 0 spiro atoms. The summed E-state index contributed by atoms with van der Waals surface area (Å²) in [5, 5.41) is 2.89. The molecule has 21 heavy (non-hydrogen) atoms. The molecule has 0 atom stereocenters. The number of imidazole rings is 1. The van der Waals surface area contributed by atoms with Crippen molar-refractivity contribution in [2.75, 3.05) is 6.54 Å². The number of para-hydroxylation sites is 2. The Morgan fingerprint density at radius 2 is 2.19 bits per heavy atom. The third-order valence-electron chi connectivity index (χ3n) is 3.42. The Bertz CT molecular complexity index is 725. The SMILES string of the molecule is Cc1occc1C(=O)NCCCc1nc2ccccc2[nH]1. The molecule has 2 aromatic heterocycles. The molecule has 0 radical (unpaired) electrons. The molecule has 0 aliphatic heterocycles. The van der Waals surface area contributed by atoms with Crippen LogP contribution in [-0.4, -0.2) is 22.4 Å². The number of aromatic nitrogens is 2. The highest BCUT2D eigenvalue weighted by Crippen LogP contribution is 2.11. The highest BCUT2D eigenvalue weighted by atomic mass is 16.3. The molecule has 5 heteroatoms. The lowest BCUT2D eigenvalue weighted by Crippen LogP contribution is -2.25. The van der Waals surface area contributed by atoms with Crippen LogP contribution < -0.4 is 5.32 Å². The Morgan fingerprint density at radius 3 is 2.95 bits per heavy atom. The van der Waals surface area contributed by atoms with Gasteiger partial charge in [0.15, 0.2) is 0 Å². The smallest absolute Gasteiger partial charge is 0.254 e. The zero-order valence-corrected chi connectivity index (χ0v) is 11.8. The van der Waals surface area contributed by atoms with E-state index < -0.39 is 0 Å². The monoisotopic (exact) mass is 283 g/mol. The Morgan fingerprint density at radius 1 is 1.33 bits per heavy atom. The fourth-order valence-corrected chi connectivity index (χ4v) is 2.30. The predicted molar refractivity (Wildman–Crippen MR) is 80.2 cm³/mol. The summed E-state index contributed by atoms with van der Waals surface area (Å²) in [6, 6.07) is 9.64. The topological polar surface area (TPSA) is 70.9 Å². The van der Waals surface area contributed by atoms with E-state index in [1.807, 2.05) is 24.3 Å². The molecule has 0 saturated carbocycles. The van der Waals surface area contributed by atoms with Crippen LogP contribution in [0.1, 0.15) is 28.4 Å². The predicted octanol–water partition coefficient (Wildman–Crippen LogP) is 2.83. The van der Waals surface area contributed by atoms with Gasteiger partial charge in [-0.2, -0.15) is 0 Å². The summed E-state index contributed by atoms with van der Waals surface area (Å²) in [6.45, 7) is 2.39. The molecule has 0 bridgehead atoms. The first-order valence-corrected chi connectivity index (χ1v) is 7.00. The van der Waals surface area contributed by atoms with Crippen molar-refractivity contribution in [1.82, 2.24) is 15.3 Å². The van der Waals surface area contributed by atoms with Gasteiger partial charge in [0.25, 0.3) is 5.91 Å². The normalized spacial score (nSPS) is 10.9. The molecule has 3 rings (SSSR count). The van der Waals surface area contributed by atoms with Crippen molar-refractivity contribution in [1.29, 1.82) is 0 Å². The van der Waals surface area contributed by atoms with Crippen molar-refractivity contribution in [3.8, 4) is 0 Å². The summed E-state index contributed by atoms with van der Waals surface area (Å²) in [5.41, 5.74) is 2.62. The molecule has 0 fully saturated rings. The van der Waals surface area contributed by atoms with Crippen LogP contribution in [0.5, 0.6) is 0 Å². The van der Waals surface area contributed by atoms with Gasteiger partial charge in [-0.05, 0) is 31.5 Å². The lowest BCUT2D eigenvalue weighted by molar-refractivity contribution is 0.0951. The Hall–Kier alpha value is -2.56. The largest absolute Gasteiger partial charge is 0.469 e. The van der Waals surface area contributed by atoms with Gasteiger partial charge < -0.3 is 14.7 Å². The summed E-state index contributed by atoms with van der Waals surface area (Å²) in [5.74, 6) is 1.50. The molecule has 0 aliphatic carbocycles. The molecular formula is C16H17N3O2. The summed E-state index contributed by atoms with van der Waals surface area (Å²) >= 11 is 0. The number of rotatable bonds is 5. The van der Waals surface area contributed by atoms with Crippen LogP contribution in [0.15, 0.2) is 41.0 Å². The number of carbonyl (C=O) groups excluding carboxylic acids is 1. The van der Waals surface area contributed by atoms with Gasteiger partial charge in [-0.1, -0.05) is 12.1 Å². The molecule has 2 heterocycles. The van der Waals surface area contributed by atoms with E-state index in [2.05, 4.69) is 15.3 Å². The van der Waals surface area contributed by atoms with Crippen LogP contribution in [0.4, 0.5) is 0 Å². The van der Waals surface area contributed by atoms with E-state index >= 15 is 0 Å². The van der Waals surface area contributed by atoms with E-state index in [4.69, 9.17) is 4.42 Å². The van der Waals surface area contributed by atoms with Gasteiger partial charge in [-0.25, -0.2) is 4.98 Å². The average molecular weight is 283 g/mol. The number of benzene rings is 1. The summed E-state index contributed by atoms with van der Waals surface area (Å²) in [6.07, 6.45) is 3.17. The Labute approximate surface area is 122 Å². The van der Waals surface area contributed by atoms with Crippen LogP contribution in [-0.2, 0) is 6.42 Å². The van der Waals surface area contributed by atoms with Gasteiger partial charge in [0.2, 0.25) is 0 Å². The first-order chi connectivity index (χ1) is 10.2. The number of H-pyrrole nitrogens is 1. The fourth-order valence-electron chi connectivity index (χ4n) is 2.30. The molecule has 0 saturated heterocycles. The zero-order valence-electron chi connectivity index (χ0n) is 11.8. The molecule has 3 aromatic rings. The fraction of sp³-hybridized carbons (Fsp3) is 0.250. The maximum Gasteiger partial charge on any atom is 0.254 e. The lowest BCUT2D eigenvalue weighted by Gasteiger charge is -2.03. The van der Waals surface area contributed by atoms with Gasteiger partial charge in [-0.15, -0.1) is 0 Å². The van der Waals surface area contributed by atoms with Gasteiger partial charge in [-0.3, -0.25) is 4.79 Å². The number of amides is 1. The summed E-state index contributed by atoms with van der Waals surface area (Å²) in [4.78, 5) is 19.7. The van der Waals surface area contributed by atoms with Crippen molar-refractivity contribution in [3.05, 3.63) is 53.7 Å². The minimum Gasteiger partial charge on any atom is -0.469 e. The number of aromatic amines is 1. The summed E-state index contributed by atoms with van der Waals surface area (Å²) in [7, 11) is 0. The van der Waals surface area contributed by atoms with E-state index in [0.717, 1.165) is 29.7 Å². The highest BCUT2D eigenvalue weighted by Gasteiger charge is 2.10. The molecular weight excluding hydrogens is 266 g/mol. The van der Waals surface area contributed by atoms with E-state index in [9.17, 15) is 4.79 Å². The van der Waals surface area contributed by atoms with E-state index in [1.165, 1.54) is 6.26 Å². The van der Waals surface area contributed by atoms with Gasteiger partial charge >= 0.3 is 0 Å². The number of aryl methyl sites for hydroxylation is 2. The van der Waals surface area contributed by atoms with Crippen molar-refractivity contribution >= 4 is 16.9 Å². The molecule has 1 amide bonds. The number of fused-ring (bicyclic) bond motifs is 1. The standard InChI is InChI=1S/C16H17N3O2/c1-11-12(8-10-21-11)16(20)17-9-4-7-15-18-13-5-2-3-6-14(13)19-15/h2-3,5-6,8,10H,4,7,9H2,1H3,(H,17,20)(H,18,19). The average Bonchev–Trinajstić information content (AvgIpc) is 3.08. The number of nitrogens with one attached hydrogen (secondary N) is 2. The minimum absolute atomic E-state index is 0.0918. The molecule has 5 nitrogen and oxygen atoms in total. The van der Waals surface area contributed by atoms with Crippen molar-refractivity contribution in [2.24, 2.45) is 0 Å². The molecule has 2 N–H and O–H groups in total. The number of nitrogens with zero attached hydrogens (tertiary/aromatic N) is 1. The van der Waals surface area contributed by atoms with E-state index in [0.29, 0.717) is 17.9 Å². The van der Waals surface area contributed by atoms with Crippen LogP contribution in [0.25, 0.3) is 11.0 Å². The van der Waals surface area contributed by atoms with Crippen molar-refractivity contribution in [2.45, 2.75) is 19.8 Å². The molecule has 1 aromatic carbocycles. The molecule has 0 aliphatic rings. The maximum atomic E-state index is 11.9. The van der Waals surface area contributed by atoms with Gasteiger partial charge in [0, 0.05) is 13.0 Å². The molecule has 108 valence electrons. The second kappa shape index (κ2) is 5.83. The van der Waals surface area contributed by atoms with Crippen LogP contribution in [0.3, 0.4) is 0 Å². The maximum absolute atomic E-state index is 11.9. The third kappa shape index (κ3) is 2.97. The summed E-state index contributed by atoms with van der Waals surface area (Å²) < 4.78 is 5.12. The number of furan rings is 1. The minimum atomic E-state index is -0.0918. The quantitative estimate of drug-likeness (QED) is 0.707. The van der Waals surface area contributed by atoms with Gasteiger partial charge in [0.1, 0.15) is 11.6 Å². The van der Waals surface area contributed by atoms with E-state index in [1.54, 1.807) is 13.0 Å². The van der Waals surface area contributed by atoms with E-state index in [-0.39, 0.29) is 5.91 Å². The van der Waals surface area contributed by atoms with Gasteiger partial charge in [0.05, 0.1) is 22.9 Å². The Balaban J connectivity index is 1.50.